The average molecular weight is 310 g/mol. The Bertz CT molecular complexity index is 766. The van der Waals surface area contributed by atoms with Gasteiger partial charge in [-0.05, 0) is 18.9 Å². The summed E-state index contributed by atoms with van der Waals surface area (Å²) in [6.45, 7) is 2.61. The van der Waals surface area contributed by atoms with Crippen molar-refractivity contribution in [3.05, 3.63) is 53.6 Å². The number of nitrogens with zero attached hydrogens (tertiary/aromatic N) is 2. The number of fused-ring (bicyclic) bond motifs is 2. The van der Waals surface area contributed by atoms with Gasteiger partial charge in [0.2, 0.25) is 0 Å². The SMILES string of the molecule is CC(=O)[C@@H]1c2c(ncn2Cc2ccccc2)C[C@@H]2COC(=O)[C@H]21. The second-order valence-electron chi connectivity index (χ2n) is 6.40. The molecular formula is C18H18N2O3. The van der Waals surface area contributed by atoms with Gasteiger partial charge in [0, 0.05) is 12.5 Å². The molecule has 1 aromatic heterocycles. The van der Waals surface area contributed by atoms with Crippen molar-refractivity contribution in [2.75, 3.05) is 6.61 Å². The van der Waals surface area contributed by atoms with Crippen molar-refractivity contribution in [1.82, 2.24) is 9.55 Å². The summed E-state index contributed by atoms with van der Waals surface area (Å²) in [6.07, 6.45) is 2.50. The van der Waals surface area contributed by atoms with Gasteiger partial charge < -0.3 is 9.30 Å². The third-order valence-electron chi connectivity index (χ3n) is 4.92. The van der Waals surface area contributed by atoms with Crippen LogP contribution in [0, 0.1) is 11.8 Å². The molecule has 23 heavy (non-hydrogen) atoms. The van der Waals surface area contributed by atoms with Gasteiger partial charge in [-0.1, -0.05) is 30.3 Å². The Kier molecular flexibility index (Phi) is 3.29. The van der Waals surface area contributed by atoms with Gasteiger partial charge >= 0.3 is 5.97 Å². The second kappa shape index (κ2) is 5.33. The number of ketones is 1. The fourth-order valence-electron chi connectivity index (χ4n) is 3.89. The molecule has 2 aliphatic rings. The van der Waals surface area contributed by atoms with Gasteiger partial charge in [-0.2, -0.15) is 0 Å². The van der Waals surface area contributed by atoms with E-state index < -0.39 is 5.92 Å². The molecule has 5 heteroatoms. The monoisotopic (exact) mass is 310 g/mol. The molecule has 1 aliphatic heterocycles. The molecule has 3 atom stereocenters. The lowest BCUT2D eigenvalue weighted by molar-refractivity contribution is -0.143. The van der Waals surface area contributed by atoms with Crippen LogP contribution in [-0.2, 0) is 27.3 Å². The molecule has 1 aliphatic carbocycles. The molecule has 1 aromatic carbocycles. The lowest BCUT2D eigenvalue weighted by Gasteiger charge is -2.29. The summed E-state index contributed by atoms with van der Waals surface area (Å²) in [7, 11) is 0. The summed E-state index contributed by atoms with van der Waals surface area (Å²) < 4.78 is 7.22. The van der Waals surface area contributed by atoms with Gasteiger partial charge in [-0.3, -0.25) is 9.59 Å². The smallest absolute Gasteiger partial charge is 0.310 e. The number of imidazole rings is 1. The van der Waals surface area contributed by atoms with Crippen molar-refractivity contribution >= 4 is 11.8 Å². The number of hydrogen-bond donors (Lipinski definition) is 0. The van der Waals surface area contributed by atoms with E-state index in [2.05, 4.69) is 4.98 Å². The van der Waals surface area contributed by atoms with Crippen LogP contribution in [0.1, 0.15) is 29.8 Å². The van der Waals surface area contributed by atoms with E-state index in [9.17, 15) is 9.59 Å². The summed E-state index contributed by atoms with van der Waals surface area (Å²) in [5, 5.41) is 0. The van der Waals surface area contributed by atoms with Crippen molar-refractivity contribution in [2.24, 2.45) is 11.8 Å². The van der Waals surface area contributed by atoms with Crippen LogP contribution >= 0.6 is 0 Å². The minimum Gasteiger partial charge on any atom is -0.465 e. The molecule has 0 saturated carbocycles. The first kappa shape index (κ1) is 14.2. The zero-order valence-electron chi connectivity index (χ0n) is 12.9. The molecule has 5 nitrogen and oxygen atoms in total. The molecule has 1 saturated heterocycles. The van der Waals surface area contributed by atoms with Gasteiger partial charge in [-0.15, -0.1) is 0 Å². The number of aromatic nitrogens is 2. The van der Waals surface area contributed by atoms with Crippen LogP contribution in [0.2, 0.25) is 0 Å². The Morgan fingerprint density at radius 1 is 1.35 bits per heavy atom. The largest absolute Gasteiger partial charge is 0.465 e. The molecule has 4 rings (SSSR count). The predicted octanol–water partition coefficient (Wildman–Crippen LogP) is 1.95. The quantitative estimate of drug-likeness (QED) is 0.813. The van der Waals surface area contributed by atoms with E-state index in [-0.39, 0.29) is 23.6 Å². The number of carbonyl (C=O) groups excluding carboxylic acids is 2. The van der Waals surface area contributed by atoms with Gasteiger partial charge in [-0.25, -0.2) is 4.98 Å². The van der Waals surface area contributed by atoms with Crippen LogP contribution in [-0.4, -0.2) is 27.9 Å². The summed E-state index contributed by atoms with van der Waals surface area (Å²) in [6, 6.07) is 10.1. The maximum Gasteiger partial charge on any atom is 0.310 e. The van der Waals surface area contributed by atoms with Gasteiger partial charge in [0.1, 0.15) is 5.78 Å². The van der Waals surface area contributed by atoms with Crippen LogP contribution in [0.4, 0.5) is 0 Å². The molecule has 2 heterocycles. The summed E-state index contributed by atoms with van der Waals surface area (Å²) in [5.74, 6) is -0.955. The molecule has 118 valence electrons. The lowest BCUT2D eigenvalue weighted by Crippen LogP contribution is -2.35. The van der Waals surface area contributed by atoms with E-state index in [4.69, 9.17) is 4.74 Å². The summed E-state index contributed by atoms with van der Waals surface area (Å²) >= 11 is 0. The lowest BCUT2D eigenvalue weighted by atomic mass is 9.72. The highest BCUT2D eigenvalue weighted by Gasteiger charge is 2.50. The number of cyclic esters (lactones) is 1. The first-order valence-corrected chi connectivity index (χ1v) is 7.90. The highest BCUT2D eigenvalue weighted by molar-refractivity contribution is 5.90. The van der Waals surface area contributed by atoms with E-state index in [1.54, 1.807) is 13.3 Å². The molecule has 0 amide bonds. The average Bonchev–Trinajstić information content (AvgIpc) is 3.11. The molecule has 0 spiro atoms. The third-order valence-corrected chi connectivity index (χ3v) is 4.92. The standard InChI is InChI=1S/C18H18N2O3/c1-11(21)15-16-13(9-23-18(16)22)7-14-17(15)20(10-19-14)8-12-5-3-2-4-6-12/h2-6,10,13,15-16H,7-9H2,1H3/t13-,15+,16-/m1/s1. The highest BCUT2D eigenvalue weighted by atomic mass is 16.5. The van der Waals surface area contributed by atoms with Crippen molar-refractivity contribution < 1.29 is 14.3 Å². The number of Topliss-reactive ketones (excluding diaryl/α,β-unsaturated/α-hetero) is 1. The normalized spacial score (nSPS) is 25.6. The minimum atomic E-state index is -0.440. The maximum atomic E-state index is 12.3. The van der Waals surface area contributed by atoms with Crippen LogP contribution in [0.15, 0.2) is 36.7 Å². The van der Waals surface area contributed by atoms with E-state index in [1.807, 2.05) is 34.9 Å². The Morgan fingerprint density at radius 2 is 2.13 bits per heavy atom. The van der Waals surface area contributed by atoms with Crippen LogP contribution in [0.5, 0.6) is 0 Å². The maximum absolute atomic E-state index is 12.3. The van der Waals surface area contributed by atoms with Crippen molar-refractivity contribution in [3.63, 3.8) is 0 Å². The van der Waals surface area contributed by atoms with Gasteiger partial charge in [0.15, 0.2) is 0 Å². The van der Waals surface area contributed by atoms with E-state index in [0.717, 1.165) is 17.0 Å². The minimum absolute atomic E-state index is 0.00890. The number of carbonyl (C=O) groups is 2. The van der Waals surface area contributed by atoms with E-state index >= 15 is 0 Å². The Morgan fingerprint density at radius 3 is 2.87 bits per heavy atom. The first-order valence-electron chi connectivity index (χ1n) is 7.90. The van der Waals surface area contributed by atoms with Crippen molar-refractivity contribution in [2.45, 2.75) is 25.8 Å². The topological polar surface area (TPSA) is 61.2 Å². The van der Waals surface area contributed by atoms with Crippen LogP contribution < -0.4 is 0 Å². The number of hydrogen-bond acceptors (Lipinski definition) is 4. The Hall–Kier alpha value is -2.43. The van der Waals surface area contributed by atoms with Crippen molar-refractivity contribution in [3.8, 4) is 0 Å². The highest BCUT2D eigenvalue weighted by Crippen LogP contribution is 2.43. The fourth-order valence-corrected chi connectivity index (χ4v) is 3.89. The molecule has 0 N–H and O–H groups in total. The Balaban J connectivity index is 1.76. The van der Waals surface area contributed by atoms with Crippen LogP contribution in [0.3, 0.4) is 0 Å². The molecule has 2 aromatic rings. The van der Waals surface area contributed by atoms with E-state index in [0.29, 0.717) is 19.6 Å². The Labute approximate surface area is 134 Å². The number of benzene rings is 1. The molecule has 0 radical (unpaired) electrons. The van der Waals surface area contributed by atoms with E-state index in [1.165, 1.54) is 0 Å². The molecular weight excluding hydrogens is 292 g/mol. The number of ether oxygens (including phenoxy) is 1. The third kappa shape index (κ3) is 2.27. The van der Waals surface area contributed by atoms with Crippen LogP contribution in [0.25, 0.3) is 0 Å². The zero-order chi connectivity index (χ0) is 16.0. The first-order chi connectivity index (χ1) is 11.1. The zero-order valence-corrected chi connectivity index (χ0v) is 12.9. The predicted molar refractivity (Wildman–Crippen MR) is 82.8 cm³/mol. The molecule has 0 bridgehead atoms. The molecule has 0 unspecified atom stereocenters. The summed E-state index contributed by atoms with van der Waals surface area (Å²) in [5.41, 5.74) is 2.97. The van der Waals surface area contributed by atoms with Gasteiger partial charge in [0.25, 0.3) is 0 Å². The van der Waals surface area contributed by atoms with Crippen molar-refractivity contribution in [1.29, 1.82) is 0 Å². The second-order valence-corrected chi connectivity index (χ2v) is 6.40. The number of esters is 1. The molecule has 1 fully saturated rings. The summed E-state index contributed by atoms with van der Waals surface area (Å²) in [4.78, 5) is 28.9. The van der Waals surface area contributed by atoms with Gasteiger partial charge in [0.05, 0.1) is 36.2 Å². The number of rotatable bonds is 3. The fraction of sp³-hybridized carbons (Fsp3) is 0.389.